The minimum absolute atomic E-state index is 0.0138. The molecule has 110 valence electrons. The van der Waals surface area contributed by atoms with Gasteiger partial charge in [0.1, 0.15) is 0 Å². The van der Waals surface area contributed by atoms with Crippen LogP contribution >= 0.6 is 11.3 Å². The highest BCUT2D eigenvalue weighted by Gasteiger charge is 2.37. The Kier molecular flexibility index (Phi) is 4.59. The Hall–Kier alpha value is -1.63. The van der Waals surface area contributed by atoms with Crippen LogP contribution in [0.1, 0.15) is 42.0 Å². The quantitative estimate of drug-likeness (QED) is 0.775. The Morgan fingerprint density at radius 3 is 2.70 bits per heavy atom. The molecule has 1 aromatic rings. The summed E-state index contributed by atoms with van der Waals surface area (Å²) in [5.41, 5.74) is -0.584. The van der Waals surface area contributed by atoms with Crippen molar-refractivity contribution >= 4 is 23.3 Å². The van der Waals surface area contributed by atoms with E-state index in [1.54, 1.807) is 6.20 Å². The molecule has 0 bridgehead atoms. The third-order valence-electron chi connectivity index (χ3n) is 3.52. The number of thiazole rings is 1. The number of nitrogens with zero attached hydrogens (tertiary/aromatic N) is 1. The lowest BCUT2D eigenvalue weighted by atomic mass is 9.93. The van der Waals surface area contributed by atoms with Gasteiger partial charge in [-0.25, -0.2) is 9.78 Å². The van der Waals surface area contributed by atoms with Gasteiger partial charge in [-0.05, 0) is 19.8 Å². The van der Waals surface area contributed by atoms with Gasteiger partial charge in [-0.1, -0.05) is 12.8 Å². The molecule has 0 unspecified atom stereocenters. The highest BCUT2D eigenvalue weighted by molar-refractivity contribution is 7.11. The molecular weight excluding hydrogens is 278 g/mol. The van der Waals surface area contributed by atoms with Crippen LogP contribution in [0.5, 0.6) is 0 Å². The second-order valence-electron chi connectivity index (χ2n) is 5.21. The maximum absolute atomic E-state index is 11.9. The minimum atomic E-state index is -0.870. The molecule has 1 aliphatic carbocycles. The van der Waals surface area contributed by atoms with E-state index in [4.69, 9.17) is 5.11 Å². The molecule has 2 rings (SSSR count). The SMILES string of the molecule is Cc1ncc(CNC(=O)NC2(CC(=O)O)CCCC2)s1. The van der Waals surface area contributed by atoms with Crippen molar-refractivity contribution in [1.29, 1.82) is 0 Å². The number of carboxylic acids is 1. The monoisotopic (exact) mass is 297 g/mol. The summed E-state index contributed by atoms with van der Waals surface area (Å²) in [5, 5.41) is 15.6. The summed E-state index contributed by atoms with van der Waals surface area (Å²) >= 11 is 1.53. The summed E-state index contributed by atoms with van der Waals surface area (Å²) in [6.07, 6.45) is 5.10. The molecule has 0 spiro atoms. The first-order valence-corrected chi connectivity index (χ1v) is 7.50. The Balaban J connectivity index is 1.87. The van der Waals surface area contributed by atoms with Crippen molar-refractivity contribution < 1.29 is 14.7 Å². The van der Waals surface area contributed by atoms with E-state index in [0.29, 0.717) is 6.54 Å². The van der Waals surface area contributed by atoms with Crippen molar-refractivity contribution in [2.45, 2.75) is 51.1 Å². The number of rotatable bonds is 5. The molecule has 1 aliphatic rings. The van der Waals surface area contributed by atoms with Gasteiger partial charge < -0.3 is 15.7 Å². The zero-order valence-corrected chi connectivity index (χ0v) is 12.3. The van der Waals surface area contributed by atoms with Gasteiger partial charge in [-0.15, -0.1) is 11.3 Å². The third kappa shape index (κ3) is 3.93. The molecule has 0 atom stereocenters. The lowest BCUT2D eigenvalue weighted by Gasteiger charge is -2.28. The summed E-state index contributed by atoms with van der Waals surface area (Å²) in [6.45, 7) is 2.33. The van der Waals surface area contributed by atoms with Crippen molar-refractivity contribution in [1.82, 2.24) is 15.6 Å². The molecule has 20 heavy (non-hydrogen) atoms. The normalized spacial score (nSPS) is 16.9. The average Bonchev–Trinajstić information content (AvgIpc) is 2.95. The van der Waals surface area contributed by atoms with E-state index < -0.39 is 11.5 Å². The van der Waals surface area contributed by atoms with Crippen molar-refractivity contribution in [3.8, 4) is 0 Å². The van der Waals surface area contributed by atoms with E-state index in [0.717, 1.165) is 35.6 Å². The second-order valence-corrected chi connectivity index (χ2v) is 6.53. The number of nitrogens with one attached hydrogen (secondary N) is 2. The summed E-state index contributed by atoms with van der Waals surface area (Å²) in [7, 11) is 0. The summed E-state index contributed by atoms with van der Waals surface area (Å²) < 4.78 is 0. The number of aromatic nitrogens is 1. The number of carbonyl (C=O) groups excluding carboxylic acids is 1. The van der Waals surface area contributed by atoms with Crippen molar-refractivity contribution in [3.63, 3.8) is 0 Å². The van der Waals surface area contributed by atoms with E-state index >= 15 is 0 Å². The van der Waals surface area contributed by atoms with Crippen LogP contribution < -0.4 is 10.6 Å². The smallest absolute Gasteiger partial charge is 0.315 e. The lowest BCUT2D eigenvalue weighted by Crippen LogP contribution is -2.51. The van der Waals surface area contributed by atoms with E-state index in [2.05, 4.69) is 15.6 Å². The molecule has 7 heteroatoms. The number of carbonyl (C=O) groups is 2. The number of carboxylic acid groups (broad SMARTS) is 1. The molecule has 2 amide bonds. The number of aliphatic carboxylic acids is 1. The molecule has 1 fully saturated rings. The Bertz CT molecular complexity index is 495. The standard InChI is InChI=1S/C13H19N3O3S/c1-9-14-7-10(20-9)8-15-12(19)16-13(6-11(17)18)4-2-3-5-13/h7H,2-6,8H2,1H3,(H,17,18)(H2,15,16,19). The second kappa shape index (κ2) is 6.21. The first-order chi connectivity index (χ1) is 9.49. The van der Waals surface area contributed by atoms with Crippen LogP contribution in [0.3, 0.4) is 0 Å². The largest absolute Gasteiger partial charge is 0.481 e. The average molecular weight is 297 g/mol. The third-order valence-corrected chi connectivity index (χ3v) is 4.43. The van der Waals surface area contributed by atoms with E-state index in [-0.39, 0.29) is 12.5 Å². The van der Waals surface area contributed by atoms with Crippen LogP contribution in [-0.2, 0) is 11.3 Å². The molecule has 1 aromatic heterocycles. The van der Waals surface area contributed by atoms with Gasteiger partial charge in [0, 0.05) is 11.1 Å². The fraction of sp³-hybridized carbons (Fsp3) is 0.615. The highest BCUT2D eigenvalue weighted by atomic mass is 32.1. The van der Waals surface area contributed by atoms with Crippen LogP contribution in [0, 0.1) is 6.92 Å². The Morgan fingerprint density at radius 2 is 2.15 bits per heavy atom. The minimum Gasteiger partial charge on any atom is -0.481 e. The van der Waals surface area contributed by atoms with Crippen LogP contribution in [0.2, 0.25) is 0 Å². The Morgan fingerprint density at radius 1 is 1.45 bits per heavy atom. The van der Waals surface area contributed by atoms with Gasteiger partial charge in [-0.3, -0.25) is 4.79 Å². The molecule has 3 N–H and O–H groups in total. The molecule has 0 radical (unpaired) electrons. The topological polar surface area (TPSA) is 91.3 Å². The van der Waals surface area contributed by atoms with E-state index in [1.165, 1.54) is 11.3 Å². The molecule has 1 heterocycles. The molecule has 1 saturated carbocycles. The van der Waals surface area contributed by atoms with Gasteiger partial charge in [0.25, 0.3) is 0 Å². The van der Waals surface area contributed by atoms with Crippen molar-refractivity contribution in [2.24, 2.45) is 0 Å². The first-order valence-electron chi connectivity index (χ1n) is 6.68. The highest BCUT2D eigenvalue weighted by Crippen LogP contribution is 2.32. The zero-order valence-electron chi connectivity index (χ0n) is 11.4. The zero-order chi connectivity index (χ0) is 14.6. The van der Waals surface area contributed by atoms with E-state index in [1.807, 2.05) is 6.92 Å². The summed E-state index contributed by atoms with van der Waals surface area (Å²) in [5.74, 6) is -0.870. The number of amides is 2. The molecule has 6 nitrogen and oxygen atoms in total. The van der Waals surface area contributed by atoms with Crippen LogP contribution in [0.15, 0.2) is 6.20 Å². The number of hydrogen-bond acceptors (Lipinski definition) is 4. The van der Waals surface area contributed by atoms with Crippen LogP contribution in [0.25, 0.3) is 0 Å². The first kappa shape index (κ1) is 14.8. The van der Waals surface area contributed by atoms with Crippen LogP contribution in [-0.4, -0.2) is 27.6 Å². The fourth-order valence-electron chi connectivity index (χ4n) is 2.63. The molecule has 0 aromatic carbocycles. The molecular formula is C13H19N3O3S. The van der Waals surface area contributed by atoms with Gasteiger partial charge >= 0.3 is 12.0 Å². The Labute approximate surface area is 121 Å². The number of hydrogen-bond donors (Lipinski definition) is 3. The van der Waals surface area contributed by atoms with Gasteiger partial charge in [0.15, 0.2) is 0 Å². The lowest BCUT2D eigenvalue weighted by molar-refractivity contribution is -0.138. The van der Waals surface area contributed by atoms with Crippen LogP contribution in [0.4, 0.5) is 4.79 Å². The van der Waals surface area contributed by atoms with Crippen molar-refractivity contribution in [2.75, 3.05) is 0 Å². The number of aryl methyl sites for hydroxylation is 1. The van der Waals surface area contributed by atoms with Crippen molar-refractivity contribution in [3.05, 3.63) is 16.1 Å². The maximum Gasteiger partial charge on any atom is 0.315 e. The van der Waals surface area contributed by atoms with E-state index in [9.17, 15) is 9.59 Å². The predicted molar refractivity (Wildman–Crippen MR) is 75.7 cm³/mol. The number of urea groups is 1. The summed E-state index contributed by atoms with van der Waals surface area (Å²) in [4.78, 5) is 28.0. The van der Waals surface area contributed by atoms with Gasteiger partial charge in [-0.2, -0.15) is 0 Å². The maximum atomic E-state index is 11.9. The molecule has 0 saturated heterocycles. The fourth-order valence-corrected chi connectivity index (χ4v) is 3.36. The molecule has 0 aliphatic heterocycles. The predicted octanol–water partition coefficient (Wildman–Crippen LogP) is 2.04. The summed E-state index contributed by atoms with van der Waals surface area (Å²) in [6, 6.07) is -0.306. The van der Waals surface area contributed by atoms with Gasteiger partial charge in [0.05, 0.1) is 23.5 Å². The van der Waals surface area contributed by atoms with Gasteiger partial charge in [0.2, 0.25) is 0 Å².